The van der Waals surface area contributed by atoms with Gasteiger partial charge in [0.2, 0.25) is 0 Å². The van der Waals surface area contributed by atoms with Gasteiger partial charge in [0.15, 0.2) is 17.5 Å². The van der Waals surface area contributed by atoms with Gasteiger partial charge in [0.25, 0.3) is 0 Å². The quantitative estimate of drug-likeness (QED) is 0.308. The third kappa shape index (κ3) is 9.42. The van der Waals surface area contributed by atoms with E-state index in [1.165, 1.54) is 0 Å². The monoisotopic (exact) mass is 387 g/mol. The smallest absolute Gasteiger partial charge is 0.387 e. The van der Waals surface area contributed by atoms with Crippen molar-refractivity contribution < 1.29 is 23.0 Å². The number of para-hydroxylation sites is 1. The summed E-state index contributed by atoms with van der Waals surface area (Å²) in [5, 5.41) is 6.28. The number of rotatable bonds is 13. The summed E-state index contributed by atoms with van der Waals surface area (Å²) >= 11 is 0. The largest absolute Gasteiger partial charge is 0.490 e. The third-order valence-electron chi connectivity index (χ3n) is 3.50. The Morgan fingerprint density at radius 1 is 1.15 bits per heavy atom. The van der Waals surface area contributed by atoms with Crippen LogP contribution in [-0.4, -0.2) is 45.5 Å². The maximum absolute atomic E-state index is 12.8. The molecule has 0 aliphatic rings. The van der Waals surface area contributed by atoms with E-state index in [1.807, 2.05) is 6.92 Å². The van der Waals surface area contributed by atoms with Crippen molar-refractivity contribution in [3.8, 4) is 11.5 Å². The molecule has 0 saturated heterocycles. The van der Waals surface area contributed by atoms with Gasteiger partial charge in [0, 0.05) is 25.3 Å². The van der Waals surface area contributed by atoms with E-state index in [1.54, 1.807) is 25.1 Å². The molecule has 0 bridgehead atoms. The van der Waals surface area contributed by atoms with Crippen LogP contribution in [0, 0.1) is 0 Å². The highest BCUT2D eigenvalue weighted by Crippen LogP contribution is 2.33. The van der Waals surface area contributed by atoms with Gasteiger partial charge in [0.1, 0.15) is 0 Å². The van der Waals surface area contributed by atoms with Crippen LogP contribution in [0.3, 0.4) is 0 Å². The van der Waals surface area contributed by atoms with Crippen LogP contribution in [0.4, 0.5) is 8.78 Å². The summed E-state index contributed by atoms with van der Waals surface area (Å²) in [6, 6.07) is 5.03. The number of halogens is 2. The summed E-state index contributed by atoms with van der Waals surface area (Å²) in [6.45, 7) is 6.06. The first-order valence-electron chi connectivity index (χ1n) is 9.41. The van der Waals surface area contributed by atoms with Crippen LogP contribution in [-0.2, 0) is 11.3 Å². The lowest BCUT2D eigenvalue weighted by atomic mass is 10.2. The molecule has 2 N–H and O–H groups in total. The van der Waals surface area contributed by atoms with Gasteiger partial charge in [0.05, 0.1) is 19.8 Å². The topological polar surface area (TPSA) is 64.1 Å². The fourth-order valence-corrected chi connectivity index (χ4v) is 2.27. The van der Waals surface area contributed by atoms with Crippen molar-refractivity contribution in [1.29, 1.82) is 0 Å². The molecule has 1 rings (SSSR count). The number of nitrogens with zero attached hydrogens (tertiary/aromatic N) is 1. The van der Waals surface area contributed by atoms with E-state index in [2.05, 4.69) is 27.3 Å². The molecule has 0 unspecified atom stereocenters. The molecular formula is C19H31F2N3O3. The molecule has 0 amide bonds. The van der Waals surface area contributed by atoms with E-state index < -0.39 is 6.61 Å². The van der Waals surface area contributed by atoms with Crippen LogP contribution >= 0.6 is 0 Å². The van der Waals surface area contributed by atoms with Gasteiger partial charge in [-0.15, -0.1) is 0 Å². The van der Waals surface area contributed by atoms with Gasteiger partial charge in [-0.2, -0.15) is 8.78 Å². The molecule has 154 valence electrons. The van der Waals surface area contributed by atoms with Crippen LogP contribution < -0.4 is 20.1 Å². The first-order chi connectivity index (χ1) is 13.1. The minimum atomic E-state index is -2.93. The average molecular weight is 387 g/mol. The van der Waals surface area contributed by atoms with Crippen molar-refractivity contribution in [2.45, 2.75) is 46.8 Å². The summed E-state index contributed by atoms with van der Waals surface area (Å²) in [7, 11) is 0. The molecule has 0 aliphatic heterocycles. The minimum absolute atomic E-state index is 0.0249. The van der Waals surface area contributed by atoms with Gasteiger partial charge >= 0.3 is 6.61 Å². The van der Waals surface area contributed by atoms with Crippen molar-refractivity contribution >= 4 is 5.96 Å². The molecule has 0 fully saturated rings. The maximum Gasteiger partial charge on any atom is 0.387 e. The number of unbranched alkanes of at least 4 members (excludes halogenated alkanes) is 1. The molecule has 27 heavy (non-hydrogen) atoms. The molecule has 0 heterocycles. The van der Waals surface area contributed by atoms with Crippen LogP contribution in [0.15, 0.2) is 23.2 Å². The van der Waals surface area contributed by atoms with E-state index in [0.717, 1.165) is 19.4 Å². The van der Waals surface area contributed by atoms with E-state index in [4.69, 9.17) is 9.47 Å². The highest BCUT2D eigenvalue weighted by Gasteiger charge is 2.15. The van der Waals surface area contributed by atoms with Gasteiger partial charge < -0.3 is 24.8 Å². The zero-order valence-electron chi connectivity index (χ0n) is 16.4. The number of hydrogen-bond donors (Lipinski definition) is 2. The third-order valence-corrected chi connectivity index (χ3v) is 3.50. The van der Waals surface area contributed by atoms with Crippen LogP contribution in [0.2, 0.25) is 0 Å². The number of hydrogen-bond acceptors (Lipinski definition) is 4. The van der Waals surface area contributed by atoms with Crippen molar-refractivity contribution in [2.75, 3.05) is 32.9 Å². The van der Waals surface area contributed by atoms with E-state index in [9.17, 15) is 8.78 Å². The predicted molar refractivity (Wildman–Crippen MR) is 103 cm³/mol. The van der Waals surface area contributed by atoms with E-state index in [-0.39, 0.29) is 18.0 Å². The van der Waals surface area contributed by atoms with Crippen molar-refractivity contribution in [3.05, 3.63) is 23.8 Å². The van der Waals surface area contributed by atoms with Crippen LogP contribution in [0.1, 0.15) is 39.2 Å². The molecule has 0 aliphatic carbocycles. The molecule has 1 aromatic rings. The Morgan fingerprint density at radius 2 is 1.96 bits per heavy atom. The molecule has 6 nitrogen and oxygen atoms in total. The highest BCUT2D eigenvalue weighted by molar-refractivity contribution is 5.79. The summed E-state index contributed by atoms with van der Waals surface area (Å²) in [6.07, 6.45) is 2.14. The van der Waals surface area contributed by atoms with Gasteiger partial charge in [-0.05, 0) is 26.3 Å². The normalized spacial score (nSPS) is 11.6. The second-order valence-corrected chi connectivity index (χ2v) is 5.64. The number of nitrogens with one attached hydrogen (secondary N) is 2. The Balaban J connectivity index is 2.75. The first-order valence-corrected chi connectivity index (χ1v) is 9.41. The lowest BCUT2D eigenvalue weighted by molar-refractivity contribution is -0.0520. The number of alkyl halides is 2. The SMILES string of the molecule is CCCCOCCNC(=NCc1cccc(OCC)c1OC(F)F)NCC. The predicted octanol–water partition coefficient (Wildman–Crippen LogP) is 3.56. The Morgan fingerprint density at radius 3 is 2.63 bits per heavy atom. The zero-order chi connectivity index (χ0) is 19.9. The maximum atomic E-state index is 12.8. The molecule has 0 aromatic heterocycles. The second kappa shape index (κ2) is 14.0. The molecule has 0 saturated carbocycles. The molecular weight excluding hydrogens is 356 g/mol. The van der Waals surface area contributed by atoms with Gasteiger partial charge in [-0.1, -0.05) is 25.5 Å². The minimum Gasteiger partial charge on any atom is -0.490 e. The van der Waals surface area contributed by atoms with Crippen LogP contribution in [0.25, 0.3) is 0 Å². The summed E-state index contributed by atoms with van der Waals surface area (Å²) < 4.78 is 41.1. The number of ether oxygens (including phenoxy) is 3. The van der Waals surface area contributed by atoms with E-state index in [0.29, 0.717) is 37.8 Å². The lowest BCUT2D eigenvalue weighted by Crippen LogP contribution is -2.39. The molecule has 0 spiro atoms. The Kier molecular flexibility index (Phi) is 11.9. The molecule has 0 radical (unpaired) electrons. The highest BCUT2D eigenvalue weighted by atomic mass is 19.3. The van der Waals surface area contributed by atoms with E-state index >= 15 is 0 Å². The summed E-state index contributed by atoms with van der Waals surface area (Å²) in [5.74, 6) is 0.894. The molecule has 0 atom stereocenters. The Hall–Kier alpha value is -2.09. The molecule has 8 heteroatoms. The van der Waals surface area contributed by atoms with Gasteiger partial charge in [-0.25, -0.2) is 4.99 Å². The zero-order valence-corrected chi connectivity index (χ0v) is 16.4. The number of aliphatic imine (C=N–C) groups is 1. The second-order valence-electron chi connectivity index (χ2n) is 5.64. The van der Waals surface area contributed by atoms with Crippen molar-refractivity contribution in [3.63, 3.8) is 0 Å². The number of guanidine groups is 1. The Labute approximate surface area is 160 Å². The number of benzene rings is 1. The summed E-state index contributed by atoms with van der Waals surface area (Å²) in [5.41, 5.74) is 0.526. The van der Waals surface area contributed by atoms with Gasteiger partial charge in [-0.3, -0.25) is 0 Å². The van der Waals surface area contributed by atoms with Crippen LogP contribution in [0.5, 0.6) is 11.5 Å². The molecule has 1 aromatic carbocycles. The first kappa shape index (κ1) is 23.0. The lowest BCUT2D eigenvalue weighted by Gasteiger charge is -2.15. The van der Waals surface area contributed by atoms with Crippen molar-refractivity contribution in [2.24, 2.45) is 4.99 Å². The summed E-state index contributed by atoms with van der Waals surface area (Å²) in [4.78, 5) is 4.45. The standard InChI is InChI=1S/C19H31F2N3O3/c1-4-7-12-25-13-11-23-19(22-5-2)24-14-15-9-8-10-16(26-6-3)17(15)27-18(20)21/h8-10,18H,4-7,11-14H2,1-3H3,(H2,22,23,24). The average Bonchev–Trinajstić information content (AvgIpc) is 2.64. The Bertz CT molecular complexity index is 557. The fraction of sp³-hybridized carbons (Fsp3) is 0.632. The van der Waals surface area contributed by atoms with Crippen molar-refractivity contribution in [1.82, 2.24) is 10.6 Å². The fourth-order valence-electron chi connectivity index (χ4n) is 2.27.